The number of fused-ring (bicyclic) bond motifs is 1. The molecule has 2 aromatic rings. The van der Waals surface area contributed by atoms with Gasteiger partial charge >= 0.3 is 0 Å². The van der Waals surface area contributed by atoms with Crippen molar-refractivity contribution in [2.75, 3.05) is 0 Å². The van der Waals surface area contributed by atoms with Crippen molar-refractivity contribution in [3.63, 3.8) is 0 Å². The molecule has 0 aliphatic rings. The molecular weight excluding hydrogens is 183 g/mol. The van der Waals surface area contributed by atoms with Crippen LogP contribution in [0.1, 0.15) is 5.56 Å². The lowest BCUT2D eigenvalue weighted by Gasteiger charge is -1.95. The molecule has 72 valence electrons. The summed E-state index contributed by atoms with van der Waals surface area (Å²) < 4.78 is 13.2. The minimum absolute atomic E-state index is 0.128. The maximum Gasteiger partial charge on any atom is 0.221 e. The minimum Gasteiger partial charge on any atom is -0.369 e. The summed E-state index contributed by atoms with van der Waals surface area (Å²) in [5, 5.41) is 0.712. The lowest BCUT2D eigenvalue weighted by molar-refractivity contribution is -0.117. The number of para-hydroxylation sites is 1. The van der Waals surface area contributed by atoms with Gasteiger partial charge in [0.15, 0.2) is 0 Å². The van der Waals surface area contributed by atoms with E-state index in [1.54, 1.807) is 18.3 Å². The number of benzene rings is 1. The quantitative estimate of drug-likeness (QED) is 0.741. The summed E-state index contributed by atoms with van der Waals surface area (Å²) in [6.07, 6.45) is 1.74. The number of amides is 1. The zero-order chi connectivity index (χ0) is 10.1. The molecule has 2 rings (SSSR count). The van der Waals surface area contributed by atoms with E-state index in [0.29, 0.717) is 10.9 Å². The molecule has 14 heavy (non-hydrogen) atoms. The minimum atomic E-state index is -0.421. The first-order valence-corrected chi connectivity index (χ1v) is 4.21. The standard InChI is InChI=1S/C10H9FN2O/c11-8-3-1-2-7-6(4-9(12)14)5-13-10(7)8/h1-3,5,13H,4H2,(H2,12,14). The van der Waals surface area contributed by atoms with E-state index < -0.39 is 5.91 Å². The van der Waals surface area contributed by atoms with E-state index in [1.165, 1.54) is 6.07 Å². The number of halogens is 1. The monoisotopic (exact) mass is 192 g/mol. The van der Waals surface area contributed by atoms with Gasteiger partial charge in [-0.05, 0) is 11.6 Å². The summed E-state index contributed by atoms with van der Waals surface area (Å²) in [4.78, 5) is 13.5. The Morgan fingerprint density at radius 2 is 2.29 bits per heavy atom. The van der Waals surface area contributed by atoms with Gasteiger partial charge in [0.1, 0.15) is 5.82 Å². The van der Waals surface area contributed by atoms with Gasteiger partial charge in [0.25, 0.3) is 0 Å². The molecule has 0 radical (unpaired) electrons. The smallest absolute Gasteiger partial charge is 0.221 e. The van der Waals surface area contributed by atoms with Gasteiger partial charge in [-0.25, -0.2) is 4.39 Å². The second-order valence-electron chi connectivity index (χ2n) is 3.12. The lowest BCUT2D eigenvalue weighted by atomic mass is 10.1. The number of carbonyl (C=O) groups is 1. The van der Waals surface area contributed by atoms with Gasteiger partial charge in [0.05, 0.1) is 11.9 Å². The van der Waals surface area contributed by atoms with E-state index in [4.69, 9.17) is 5.73 Å². The Morgan fingerprint density at radius 3 is 3.00 bits per heavy atom. The van der Waals surface area contributed by atoms with Crippen LogP contribution in [0.25, 0.3) is 10.9 Å². The third kappa shape index (κ3) is 1.35. The van der Waals surface area contributed by atoms with Gasteiger partial charge < -0.3 is 10.7 Å². The van der Waals surface area contributed by atoms with Crippen molar-refractivity contribution in [1.82, 2.24) is 4.98 Å². The average molecular weight is 192 g/mol. The Morgan fingerprint density at radius 1 is 1.50 bits per heavy atom. The van der Waals surface area contributed by atoms with Crippen LogP contribution in [-0.2, 0) is 11.2 Å². The molecule has 1 aromatic heterocycles. The number of hydrogen-bond acceptors (Lipinski definition) is 1. The molecule has 0 saturated heterocycles. The Balaban J connectivity index is 2.58. The number of primary amides is 1. The Kier molecular flexibility index (Phi) is 1.96. The molecule has 0 aliphatic carbocycles. The summed E-state index contributed by atoms with van der Waals surface area (Å²) in [7, 11) is 0. The zero-order valence-corrected chi connectivity index (χ0v) is 7.38. The first-order chi connectivity index (χ1) is 6.68. The number of nitrogens with two attached hydrogens (primary N) is 1. The highest BCUT2D eigenvalue weighted by atomic mass is 19.1. The van der Waals surface area contributed by atoms with Crippen molar-refractivity contribution in [1.29, 1.82) is 0 Å². The van der Waals surface area contributed by atoms with E-state index in [1.807, 2.05) is 0 Å². The third-order valence-corrected chi connectivity index (χ3v) is 2.11. The van der Waals surface area contributed by atoms with Crippen LogP contribution in [0.5, 0.6) is 0 Å². The SMILES string of the molecule is NC(=O)Cc1c[nH]c2c(F)cccc12. The van der Waals surface area contributed by atoms with E-state index in [-0.39, 0.29) is 12.2 Å². The Hall–Kier alpha value is -1.84. The largest absolute Gasteiger partial charge is 0.369 e. The van der Waals surface area contributed by atoms with Crippen LogP contribution >= 0.6 is 0 Å². The highest BCUT2D eigenvalue weighted by molar-refractivity contribution is 5.88. The molecule has 0 bridgehead atoms. The van der Waals surface area contributed by atoms with E-state index in [9.17, 15) is 9.18 Å². The summed E-state index contributed by atoms with van der Waals surface area (Å²) in [5.41, 5.74) is 6.22. The number of aromatic amines is 1. The van der Waals surface area contributed by atoms with Crippen molar-refractivity contribution in [2.45, 2.75) is 6.42 Å². The number of nitrogens with one attached hydrogen (secondary N) is 1. The second-order valence-corrected chi connectivity index (χ2v) is 3.12. The Bertz CT molecular complexity index is 490. The molecule has 1 heterocycles. The van der Waals surface area contributed by atoms with Gasteiger partial charge in [-0.2, -0.15) is 0 Å². The van der Waals surface area contributed by atoms with Crippen LogP contribution < -0.4 is 5.73 Å². The fourth-order valence-corrected chi connectivity index (χ4v) is 1.51. The fraction of sp³-hybridized carbons (Fsp3) is 0.100. The van der Waals surface area contributed by atoms with Crippen molar-refractivity contribution in [2.24, 2.45) is 5.73 Å². The maximum absolute atomic E-state index is 13.2. The molecule has 3 N–H and O–H groups in total. The molecule has 0 spiro atoms. The summed E-state index contributed by atoms with van der Waals surface area (Å²) in [5.74, 6) is -0.742. The van der Waals surface area contributed by atoms with Crippen LogP contribution in [-0.4, -0.2) is 10.9 Å². The van der Waals surface area contributed by atoms with Crippen LogP contribution in [0, 0.1) is 5.82 Å². The van der Waals surface area contributed by atoms with Gasteiger partial charge in [-0.15, -0.1) is 0 Å². The van der Waals surface area contributed by atoms with Crippen LogP contribution in [0.3, 0.4) is 0 Å². The first kappa shape index (κ1) is 8.74. The lowest BCUT2D eigenvalue weighted by Crippen LogP contribution is -2.13. The molecule has 0 aliphatic heterocycles. The highest BCUT2D eigenvalue weighted by Crippen LogP contribution is 2.20. The van der Waals surface area contributed by atoms with Crippen molar-refractivity contribution in [3.05, 3.63) is 35.8 Å². The van der Waals surface area contributed by atoms with E-state index in [0.717, 1.165) is 5.56 Å². The van der Waals surface area contributed by atoms with E-state index in [2.05, 4.69) is 4.98 Å². The summed E-state index contributed by atoms with van der Waals surface area (Å²) in [6.45, 7) is 0. The van der Waals surface area contributed by atoms with Gasteiger partial charge in [-0.1, -0.05) is 12.1 Å². The number of hydrogen-bond donors (Lipinski definition) is 2. The molecule has 4 heteroatoms. The second kappa shape index (κ2) is 3.14. The third-order valence-electron chi connectivity index (χ3n) is 2.11. The van der Waals surface area contributed by atoms with Crippen LogP contribution in [0.15, 0.2) is 24.4 Å². The molecule has 1 aromatic carbocycles. The Labute approximate surface area is 79.7 Å². The highest BCUT2D eigenvalue weighted by Gasteiger charge is 2.08. The summed E-state index contributed by atoms with van der Waals surface area (Å²) in [6, 6.07) is 4.73. The number of H-pyrrole nitrogens is 1. The predicted octanol–water partition coefficient (Wildman–Crippen LogP) is 1.33. The van der Waals surface area contributed by atoms with Crippen molar-refractivity contribution >= 4 is 16.8 Å². The van der Waals surface area contributed by atoms with Crippen molar-refractivity contribution < 1.29 is 9.18 Å². The van der Waals surface area contributed by atoms with Crippen molar-refractivity contribution in [3.8, 4) is 0 Å². The molecule has 1 amide bonds. The van der Waals surface area contributed by atoms with Gasteiger partial charge in [0.2, 0.25) is 5.91 Å². The number of aromatic nitrogens is 1. The van der Waals surface area contributed by atoms with E-state index >= 15 is 0 Å². The summed E-state index contributed by atoms with van der Waals surface area (Å²) >= 11 is 0. The molecule has 0 atom stereocenters. The number of carbonyl (C=O) groups excluding carboxylic acids is 1. The molecule has 3 nitrogen and oxygen atoms in total. The molecule has 0 unspecified atom stereocenters. The number of rotatable bonds is 2. The zero-order valence-electron chi connectivity index (χ0n) is 7.38. The van der Waals surface area contributed by atoms with Crippen LogP contribution in [0.4, 0.5) is 4.39 Å². The maximum atomic E-state index is 13.2. The predicted molar refractivity (Wildman–Crippen MR) is 51.2 cm³/mol. The molecule has 0 fully saturated rings. The average Bonchev–Trinajstić information content (AvgIpc) is 2.49. The molecular formula is C10H9FN2O. The van der Waals surface area contributed by atoms with Gasteiger partial charge in [0, 0.05) is 11.6 Å². The van der Waals surface area contributed by atoms with Crippen LogP contribution in [0.2, 0.25) is 0 Å². The molecule has 0 saturated carbocycles. The van der Waals surface area contributed by atoms with Gasteiger partial charge in [-0.3, -0.25) is 4.79 Å². The fourth-order valence-electron chi connectivity index (χ4n) is 1.51. The topological polar surface area (TPSA) is 58.9 Å². The normalized spacial score (nSPS) is 10.6. The first-order valence-electron chi connectivity index (χ1n) is 4.21.